The number of aliphatic hydroxyl groups is 2. The molecule has 3 heterocycles. The van der Waals surface area contributed by atoms with Gasteiger partial charge in [-0.2, -0.15) is 4.98 Å². The van der Waals surface area contributed by atoms with Crippen molar-refractivity contribution in [3.05, 3.63) is 33.5 Å². The molecule has 3 rings (SSSR count). The molecule has 0 spiro atoms. The van der Waals surface area contributed by atoms with Gasteiger partial charge in [-0.25, -0.2) is 20.0 Å². The third-order valence-corrected chi connectivity index (χ3v) is 10.1. The lowest BCUT2D eigenvalue weighted by Gasteiger charge is -2.25. The average Bonchev–Trinajstić information content (AvgIpc) is 3.73. The van der Waals surface area contributed by atoms with Gasteiger partial charge in [0.2, 0.25) is 23.7 Å². The number of likely N-dealkylation sites (N-methyl/N-ethyl adjacent to an activating group) is 1. The maximum Gasteiger partial charge on any atom is 0.409 e. The minimum absolute atomic E-state index is 0.0514. The van der Waals surface area contributed by atoms with Crippen LogP contribution in [0.15, 0.2) is 22.2 Å². The largest absolute Gasteiger partial charge is 0.447 e. The highest BCUT2D eigenvalue weighted by atomic mass is 16.6. The Hall–Kier alpha value is -5.56. The van der Waals surface area contributed by atoms with Crippen molar-refractivity contribution >= 4 is 46.8 Å². The predicted molar refractivity (Wildman–Crippen MR) is 240 cm³/mol. The number of hydrogen-bond donors (Lipinski definition) is 10. The van der Waals surface area contributed by atoms with E-state index < -0.39 is 84.2 Å². The number of unbranched alkanes of at least 4 members (excludes halogenated alkanes) is 1. The van der Waals surface area contributed by atoms with Gasteiger partial charge in [0.15, 0.2) is 17.4 Å². The third kappa shape index (κ3) is 17.8. The van der Waals surface area contributed by atoms with Crippen LogP contribution < -0.4 is 49.9 Å². The van der Waals surface area contributed by atoms with Gasteiger partial charge >= 0.3 is 11.8 Å². The van der Waals surface area contributed by atoms with Crippen LogP contribution >= 0.6 is 0 Å². The number of nitrogen functional groups attached to an aromatic ring is 1. The summed E-state index contributed by atoms with van der Waals surface area (Å²) >= 11 is 0. The van der Waals surface area contributed by atoms with E-state index in [0.717, 1.165) is 14.0 Å². The van der Waals surface area contributed by atoms with Crippen molar-refractivity contribution in [2.45, 2.75) is 76.3 Å². The summed E-state index contributed by atoms with van der Waals surface area (Å²) in [6.07, 6.45) is -4.38. The normalized spacial score (nSPS) is 17.7. The number of aromatic nitrogens is 4. The molecule has 28 heteroatoms. The fourth-order valence-electron chi connectivity index (χ4n) is 6.55. The first-order valence-corrected chi connectivity index (χ1v) is 22.0. The van der Waals surface area contributed by atoms with Crippen LogP contribution in [0.1, 0.15) is 39.3 Å². The number of carbonyl (C=O) groups excluding carboxylic acids is 5. The number of fused-ring (bicyclic) bond motifs is 1. The second kappa shape index (κ2) is 30.0. The van der Waals surface area contributed by atoms with Crippen LogP contribution in [0.5, 0.6) is 0 Å². The Bertz CT molecular complexity index is 2050. The van der Waals surface area contributed by atoms with Crippen LogP contribution in [0.4, 0.5) is 10.7 Å². The van der Waals surface area contributed by atoms with E-state index in [0.29, 0.717) is 39.2 Å². The molecule has 1 aliphatic heterocycles. The number of anilines is 1. The summed E-state index contributed by atoms with van der Waals surface area (Å²) in [4.78, 5) is 96.9. The number of imidazole rings is 1. The number of carbonyl (C=O) groups is 5. The van der Waals surface area contributed by atoms with Gasteiger partial charge in [-0.1, -0.05) is 19.9 Å². The van der Waals surface area contributed by atoms with Crippen molar-refractivity contribution < 1.29 is 67.3 Å². The molecule has 1 saturated heterocycles. The zero-order valence-corrected chi connectivity index (χ0v) is 38.7. The summed E-state index contributed by atoms with van der Waals surface area (Å²) in [6.45, 7) is 8.20. The summed E-state index contributed by atoms with van der Waals surface area (Å²) in [5.41, 5.74) is 11.4. The van der Waals surface area contributed by atoms with Crippen LogP contribution in [0.2, 0.25) is 0 Å². The number of hydrazine groups is 1. The number of hydrogen-bond acceptors (Lipinski definition) is 20. The average molecular weight is 973 g/mol. The van der Waals surface area contributed by atoms with Gasteiger partial charge < -0.3 is 75.7 Å². The Morgan fingerprint density at radius 1 is 0.912 bits per heavy atom. The number of nitrogens with two attached hydrogens (primary N) is 3. The molecule has 0 bridgehead atoms. The Labute approximate surface area is 391 Å². The fourth-order valence-corrected chi connectivity index (χ4v) is 6.55. The highest BCUT2D eigenvalue weighted by molar-refractivity contribution is 5.92. The van der Waals surface area contributed by atoms with Gasteiger partial charge in [0, 0.05) is 26.7 Å². The minimum Gasteiger partial charge on any atom is -0.447 e. The maximum atomic E-state index is 13.4. The van der Waals surface area contributed by atoms with Crippen molar-refractivity contribution in [3.8, 4) is 0 Å². The molecular weight excluding hydrogens is 905 g/mol. The van der Waals surface area contributed by atoms with Gasteiger partial charge in [-0.15, -0.1) is 6.58 Å². The summed E-state index contributed by atoms with van der Waals surface area (Å²) in [7, 11) is 1.39. The number of aliphatic hydroxyl groups excluding tert-OH is 2. The number of aromatic amines is 1. The molecule has 0 unspecified atom stereocenters. The van der Waals surface area contributed by atoms with E-state index >= 15 is 0 Å². The van der Waals surface area contributed by atoms with Crippen molar-refractivity contribution in [3.63, 3.8) is 0 Å². The summed E-state index contributed by atoms with van der Waals surface area (Å²) in [5.74, 6) is 2.15. The standard InChI is InChI=1S/C40H68N12O16/c1-5-11-51-30-33(47-38(42)48-36(30)59)52(39(51)60)37-32(56)31(55)26(68-37)21-67-40(61)50(4)12-10-44-34(57)25(8-6-7-9-41)45-35(58)29(24(2)3)46-27(53)22-65-19-17-63-15-13-62-14-16-64-18-20-66-23-28(54)49-43/h5,24-26,29,31-32,37,55-56H,1,6-23,41,43H2,2-4H3,(H,44,57)(H,45,58)(H,46,53)(H,49,54)(H3,42,47,48,59)/t25-,26-,29-,31-,32-,37-/m0/s1. The fraction of sp³-hybridized carbons (Fsp3) is 0.700. The first kappa shape index (κ1) is 56.8. The molecule has 0 aromatic carbocycles. The molecule has 1 fully saturated rings. The van der Waals surface area contributed by atoms with Crippen molar-refractivity contribution in [2.24, 2.45) is 17.5 Å². The molecule has 5 amide bonds. The number of rotatable bonds is 33. The van der Waals surface area contributed by atoms with E-state index in [1.807, 2.05) is 5.43 Å². The van der Waals surface area contributed by atoms with Gasteiger partial charge in [-0.05, 0) is 31.7 Å². The van der Waals surface area contributed by atoms with Gasteiger partial charge in [-0.3, -0.25) is 38.9 Å². The topological polar surface area (TPSA) is 393 Å². The Kier molecular flexibility index (Phi) is 25.1. The molecule has 6 atom stereocenters. The Morgan fingerprint density at radius 2 is 1.51 bits per heavy atom. The summed E-state index contributed by atoms with van der Waals surface area (Å²) in [6, 6.07) is -2.01. The van der Waals surface area contributed by atoms with Gasteiger partial charge in [0.25, 0.3) is 11.5 Å². The molecule has 68 heavy (non-hydrogen) atoms. The van der Waals surface area contributed by atoms with Crippen LogP contribution in [-0.2, 0) is 58.9 Å². The van der Waals surface area contributed by atoms with Gasteiger partial charge in [0.1, 0.15) is 50.2 Å². The molecule has 2 aromatic heterocycles. The van der Waals surface area contributed by atoms with Crippen molar-refractivity contribution in [2.75, 3.05) is 105 Å². The minimum atomic E-state index is -1.71. The number of ether oxygens (including phenoxy) is 7. The molecular formula is C40H68N12O16. The molecule has 0 radical (unpaired) electrons. The lowest BCUT2D eigenvalue weighted by atomic mass is 10.0. The van der Waals surface area contributed by atoms with Crippen LogP contribution in [0.25, 0.3) is 11.2 Å². The van der Waals surface area contributed by atoms with Crippen LogP contribution in [-0.4, -0.2) is 194 Å². The lowest BCUT2D eigenvalue weighted by Crippen LogP contribution is -2.56. The highest BCUT2D eigenvalue weighted by Gasteiger charge is 2.46. The zero-order valence-electron chi connectivity index (χ0n) is 38.7. The van der Waals surface area contributed by atoms with Crippen LogP contribution in [0, 0.1) is 5.92 Å². The maximum absolute atomic E-state index is 13.4. The first-order valence-electron chi connectivity index (χ1n) is 22.0. The number of H-pyrrole nitrogens is 1. The molecule has 0 aliphatic carbocycles. The van der Waals surface area contributed by atoms with E-state index in [1.165, 1.54) is 13.1 Å². The molecule has 0 saturated carbocycles. The van der Waals surface area contributed by atoms with E-state index in [4.69, 9.17) is 50.5 Å². The van der Waals surface area contributed by atoms with E-state index in [9.17, 15) is 43.8 Å². The summed E-state index contributed by atoms with van der Waals surface area (Å²) < 4.78 is 39.6. The Morgan fingerprint density at radius 3 is 2.09 bits per heavy atom. The number of allylic oxidation sites excluding steroid dienone is 1. The molecule has 28 nitrogen and oxygen atoms in total. The lowest BCUT2D eigenvalue weighted by molar-refractivity contribution is -0.134. The van der Waals surface area contributed by atoms with E-state index in [-0.39, 0.29) is 95.3 Å². The van der Waals surface area contributed by atoms with Crippen LogP contribution in [0.3, 0.4) is 0 Å². The second-order valence-corrected chi connectivity index (χ2v) is 15.7. The number of nitrogens with one attached hydrogen (secondary N) is 5. The van der Waals surface area contributed by atoms with Gasteiger partial charge in [0.05, 0.1) is 52.9 Å². The van der Waals surface area contributed by atoms with Crippen molar-refractivity contribution in [1.29, 1.82) is 0 Å². The predicted octanol–water partition coefficient (Wildman–Crippen LogP) is -4.71. The van der Waals surface area contributed by atoms with E-state index in [2.05, 4.69) is 32.5 Å². The molecule has 1 aliphatic rings. The van der Waals surface area contributed by atoms with Crippen molar-refractivity contribution in [1.82, 2.24) is 45.4 Å². The molecule has 384 valence electrons. The Balaban J connectivity index is 1.40. The zero-order chi connectivity index (χ0) is 50.2. The van der Waals surface area contributed by atoms with E-state index in [1.54, 1.807) is 13.8 Å². The highest BCUT2D eigenvalue weighted by Crippen LogP contribution is 2.30. The second-order valence-electron chi connectivity index (χ2n) is 15.7. The number of nitrogens with zero attached hydrogens (tertiary/aromatic N) is 4. The first-order chi connectivity index (χ1) is 32.6. The quantitative estimate of drug-likeness (QED) is 0.0106. The monoisotopic (exact) mass is 972 g/mol. The third-order valence-electron chi connectivity index (χ3n) is 10.1. The number of amides is 5. The SMILES string of the molecule is C=CCn1c(=O)n([C@H]2O[C@@H](COC(=O)N(C)CCNC(=O)[C@H](CCCCN)NC(=O)[C@@H](NC(=O)COCCOCCOCCOCCOCC(=O)NN)C(C)C)[C@H](O)[C@@H]2O)c2nc(N)[nH]c(=O)c21. The summed E-state index contributed by atoms with van der Waals surface area (Å²) in [5, 5.41) is 29.7. The smallest absolute Gasteiger partial charge is 0.409 e. The molecule has 13 N–H and O–H groups in total. The molecule has 2 aromatic rings.